The first-order chi connectivity index (χ1) is 5.20. The van der Waals surface area contributed by atoms with Crippen LogP contribution in [0.1, 0.15) is 10.4 Å². The van der Waals surface area contributed by atoms with Gasteiger partial charge in [-0.2, -0.15) is 11.3 Å². The molecule has 1 heterocycles. The van der Waals surface area contributed by atoms with Crippen molar-refractivity contribution < 1.29 is 14.3 Å². The molecule has 0 saturated heterocycles. The van der Waals surface area contributed by atoms with Gasteiger partial charge in [-0.3, -0.25) is 0 Å². The Morgan fingerprint density at radius 2 is 2.27 bits per heavy atom. The zero-order valence-electron chi connectivity index (χ0n) is 5.44. The molecule has 0 spiro atoms. The largest absolute Gasteiger partial charge is 0.412 e. The molecule has 0 radical (unpaired) electrons. The van der Waals surface area contributed by atoms with E-state index in [0.717, 1.165) is 0 Å². The molecule has 0 unspecified atom stereocenters. The predicted octanol–water partition coefficient (Wildman–Crippen LogP) is 0.984. The van der Waals surface area contributed by atoms with Crippen molar-refractivity contribution in [1.82, 2.24) is 0 Å². The second-order valence-corrected chi connectivity index (χ2v) is 2.50. The standard InChI is InChI=1S/C6H5NO3S/c7-6(9)10-5(8)4-1-2-11-3-4/h1-3H,(H2,7,9). The van der Waals surface area contributed by atoms with Crippen LogP contribution < -0.4 is 5.73 Å². The summed E-state index contributed by atoms with van der Waals surface area (Å²) in [5, 5.41) is 3.28. The van der Waals surface area contributed by atoms with Crippen LogP contribution in [-0.2, 0) is 4.74 Å². The van der Waals surface area contributed by atoms with Crippen LogP contribution in [0.4, 0.5) is 4.79 Å². The molecule has 0 aliphatic heterocycles. The molecule has 2 N–H and O–H groups in total. The minimum absolute atomic E-state index is 0.341. The minimum atomic E-state index is -1.08. The summed E-state index contributed by atoms with van der Waals surface area (Å²) in [6.45, 7) is 0. The van der Waals surface area contributed by atoms with Crippen molar-refractivity contribution in [2.24, 2.45) is 5.73 Å². The number of carbonyl (C=O) groups is 2. The van der Waals surface area contributed by atoms with Gasteiger partial charge in [0.15, 0.2) is 0 Å². The Labute approximate surface area is 66.6 Å². The fourth-order valence-corrected chi connectivity index (χ4v) is 1.16. The van der Waals surface area contributed by atoms with E-state index in [1.165, 1.54) is 11.3 Å². The van der Waals surface area contributed by atoms with Crippen LogP contribution >= 0.6 is 11.3 Å². The van der Waals surface area contributed by atoms with Gasteiger partial charge in [-0.05, 0) is 11.4 Å². The summed E-state index contributed by atoms with van der Waals surface area (Å²) in [5.41, 5.74) is 4.96. The highest BCUT2D eigenvalue weighted by atomic mass is 32.1. The second kappa shape index (κ2) is 3.16. The molecule has 0 bridgehead atoms. The summed E-state index contributed by atoms with van der Waals surface area (Å²) in [7, 11) is 0. The number of esters is 1. The third-order valence-electron chi connectivity index (χ3n) is 0.950. The zero-order valence-corrected chi connectivity index (χ0v) is 6.26. The number of ether oxygens (including phenoxy) is 1. The quantitative estimate of drug-likeness (QED) is 0.506. The van der Waals surface area contributed by atoms with Crippen molar-refractivity contribution in [3.8, 4) is 0 Å². The average molecular weight is 171 g/mol. The van der Waals surface area contributed by atoms with Gasteiger partial charge in [-0.25, -0.2) is 9.59 Å². The highest BCUT2D eigenvalue weighted by Crippen LogP contribution is 2.06. The van der Waals surface area contributed by atoms with E-state index in [1.807, 2.05) is 0 Å². The fourth-order valence-electron chi connectivity index (χ4n) is 0.531. The molecule has 1 amide bonds. The van der Waals surface area contributed by atoms with Crippen molar-refractivity contribution >= 4 is 23.4 Å². The monoisotopic (exact) mass is 171 g/mol. The SMILES string of the molecule is NC(=O)OC(=O)c1ccsc1. The summed E-state index contributed by atoms with van der Waals surface area (Å²) >= 11 is 1.34. The van der Waals surface area contributed by atoms with Gasteiger partial charge < -0.3 is 10.5 Å². The van der Waals surface area contributed by atoms with Gasteiger partial charge in [-0.15, -0.1) is 0 Å². The molecule has 0 fully saturated rings. The lowest BCUT2D eigenvalue weighted by Gasteiger charge is -1.93. The fraction of sp³-hybridized carbons (Fsp3) is 0. The van der Waals surface area contributed by atoms with E-state index in [2.05, 4.69) is 10.5 Å². The molecular weight excluding hydrogens is 166 g/mol. The van der Waals surface area contributed by atoms with E-state index >= 15 is 0 Å². The molecular formula is C6H5NO3S. The van der Waals surface area contributed by atoms with Crippen LogP contribution in [0.2, 0.25) is 0 Å². The van der Waals surface area contributed by atoms with Gasteiger partial charge in [0.2, 0.25) is 0 Å². The Morgan fingerprint density at radius 3 is 2.73 bits per heavy atom. The molecule has 0 saturated carbocycles. The third kappa shape index (κ3) is 2.05. The highest BCUT2D eigenvalue weighted by molar-refractivity contribution is 7.08. The van der Waals surface area contributed by atoms with Crippen LogP contribution in [0.15, 0.2) is 16.8 Å². The number of hydrogen-bond donors (Lipinski definition) is 1. The predicted molar refractivity (Wildman–Crippen MR) is 39.3 cm³/mol. The third-order valence-corrected chi connectivity index (χ3v) is 1.63. The van der Waals surface area contributed by atoms with Gasteiger partial charge in [0, 0.05) is 5.38 Å². The van der Waals surface area contributed by atoms with E-state index in [1.54, 1.807) is 16.8 Å². The lowest BCUT2D eigenvalue weighted by atomic mass is 10.4. The van der Waals surface area contributed by atoms with Crippen molar-refractivity contribution in [2.45, 2.75) is 0 Å². The van der Waals surface area contributed by atoms with Crippen LogP contribution in [0.5, 0.6) is 0 Å². The maximum absolute atomic E-state index is 10.8. The van der Waals surface area contributed by atoms with Gasteiger partial charge >= 0.3 is 12.1 Å². The topological polar surface area (TPSA) is 69.4 Å². The Hall–Kier alpha value is -1.36. The molecule has 1 rings (SSSR count). The Bertz CT molecular complexity index is 267. The normalized spacial score (nSPS) is 9.09. The number of nitrogens with two attached hydrogens (primary N) is 1. The Morgan fingerprint density at radius 1 is 1.55 bits per heavy atom. The number of amides is 1. The summed E-state index contributed by atoms with van der Waals surface area (Å²) in [6, 6.07) is 1.55. The van der Waals surface area contributed by atoms with E-state index in [4.69, 9.17) is 0 Å². The number of carbonyl (C=O) groups excluding carboxylic acids is 2. The molecule has 11 heavy (non-hydrogen) atoms. The summed E-state index contributed by atoms with van der Waals surface area (Å²) in [6.07, 6.45) is -1.08. The van der Waals surface area contributed by atoms with Gasteiger partial charge in [0.05, 0.1) is 5.56 Å². The number of hydrogen-bond acceptors (Lipinski definition) is 4. The lowest BCUT2D eigenvalue weighted by molar-refractivity contribution is 0.0639. The molecule has 5 heteroatoms. The smallest absolute Gasteiger partial charge is 0.373 e. The average Bonchev–Trinajstić information content (AvgIpc) is 2.35. The number of thiophene rings is 1. The van der Waals surface area contributed by atoms with Crippen LogP contribution in [0, 0.1) is 0 Å². The van der Waals surface area contributed by atoms with E-state index in [9.17, 15) is 9.59 Å². The van der Waals surface area contributed by atoms with Gasteiger partial charge in [0.1, 0.15) is 0 Å². The minimum Gasteiger partial charge on any atom is -0.373 e. The number of rotatable bonds is 1. The van der Waals surface area contributed by atoms with Crippen LogP contribution in [-0.4, -0.2) is 12.1 Å². The lowest BCUT2D eigenvalue weighted by Crippen LogP contribution is -2.17. The first-order valence-electron chi connectivity index (χ1n) is 2.74. The van der Waals surface area contributed by atoms with Crippen molar-refractivity contribution in [1.29, 1.82) is 0 Å². The van der Waals surface area contributed by atoms with E-state index < -0.39 is 12.1 Å². The highest BCUT2D eigenvalue weighted by Gasteiger charge is 2.09. The summed E-state index contributed by atoms with van der Waals surface area (Å²) in [5.74, 6) is -0.709. The van der Waals surface area contributed by atoms with Crippen molar-refractivity contribution in [3.63, 3.8) is 0 Å². The second-order valence-electron chi connectivity index (χ2n) is 1.72. The molecule has 1 aromatic rings. The van der Waals surface area contributed by atoms with E-state index in [0.29, 0.717) is 5.56 Å². The maximum Gasteiger partial charge on any atom is 0.412 e. The van der Waals surface area contributed by atoms with Crippen LogP contribution in [0.3, 0.4) is 0 Å². The van der Waals surface area contributed by atoms with E-state index in [-0.39, 0.29) is 0 Å². The molecule has 4 nitrogen and oxygen atoms in total. The summed E-state index contributed by atoms with van der Waals surface area (Å²) < 4.78 is 4.10. The van der Waals surface area contributed by atoms with Gasteiger partial charge in [-0.1, -0.05) is 0 Å². The van der Waals surface area contributed by atoms with Gasteiger partial charge in [0.25, 0.3) is 0 Å². The molecule has 0 aliphatic carbocycles. The van der Waals surface area contributed by atoms with Crippen molar-refractivity contribution in [3.05, 3.63) is 22.4 Å². The number of primary amides is 1. The van der Waals surface area contributed by atoms with Crippen LogP contribution in [0.25, 0.3) is 0 Å². The molecule has 0 atom stereocenters. The molecule has 0 aliphatic rings. The molecule has 1 aromatic heterocycles. The van der Waals surface area contributed by atoms with Crippen molar-refractivity contribution in [2.75, 3.05) is 0 Å². The maximum atomic E-state index is 10.8. The zero-order chi connectivity index (χ0) is 8.27. The first kappa shape index (κ1) is 7.74. The summed E-state index contributed by atoms with van der Waals surface area (Å²) in [4.78, 5) is 20.9. The molecule has 58 valence electrons. The Balaban J connectivity index is 2.64. The first-order valence-corrected chi connectivity index (χ1v) is 3.68. The molecule has 0 aromatic carbocycles. The Kier molecular flexibility index (Phi) is 2.22.